The third-order valence-electron chi connectivity index (χ3n) is 2.54. The molecule has 0 aromatic heterocycles. The Morgan fingerprint density at radius 1 is 1.47 bits per heavy atom. The molecular formula is C12H16N2O3. The number of carbonyl (C=O) groups is 1. The van der Waals surface area contributed by atoms with E-state index in [1.165, 1.54) is 0 Å². The molecule has 0 saturated carbocycles. The molecule has 1 aromatic carbocycles. The Balaban J connectivity index is 2.29. The Kier molecular flexibility index (Phi) is 3.19. The summed E-state index contributed by atoms with van der Waals surface area (Å²) in [6, 6.07) is 5.59. The molecule has 1 aliphatic rings. The maximum atomic E-state index is 11.8. The maximum absolute atomic E-state index is 11.8. The number of nitrogens with one attached hydrogen (secondary N) is 1. The molecule has 1 atom stereocenters. The van der Waals surface area contributed by atoms with Gasteiger partial charge in [-0.25, -0.2) is 4.79 Å². The largest absolute Gasteiger partial charge is 0.413 e. The topological polar surface area (TPSA) is 50.8 Å². The van der Waals surface area contributed by atoms with Crippen molar-refractivity contribution in [3.63, 3.8) is 0 Å². The number of rotatable bonds is 3. The Morgan fingerprint density at radius 2 is 2.24 bits per heavy atom. The number of carbonyl (C=O) groups excluding carboxylic acids is 1. The first-order chi connectivity index (χ1) is 8.11. The summed E-state index contributed by atoms with van der Waals surface area (Å²) in [6.45, 7) is 2.33. The van der Waals surface area contributed by atoms with E-state index in [-0.39, 0.29) is 5.97 Å². The summed E-state index contributed by atoms with van der Waals surface area (Å²) in [4.78, 5) is 13.7. The van der Waals surface area contributed by atoms with E-state index in [1.54, 1.807) is 6.07 Å². The van der Waals surface area contributed by atoms with Crippen LogP contribution in [0.15, 0.2) is 18.2 Å². The Hall–Kier alpha value is -1.75. The lowest BCUT2D eigenvalue weighted by Crippen LogP contribution is -2.34. The Bertz CT molecular complexity index is 432. The van der Waals surface area contributed by atoms with Gasteiger partial charge in [0.2, 0.25) is 0 Å². The number of ether oxygens (including phenoxy) is 2. The maximum Gasteiger partial charge on any atom is 0.344 e. The van der Waals surface area contributed by atoms with Crippen LogP contribution in [0.3, 0.4) is 0 Å². The van der Waals surface area contributed by atoms with Crippen LogP contribution in [-0.2, 0) is 9.47 Å². The molecule has 0 saturated heterocycles. The number of cyclic esters (lactones) is 1. The summed E-state index contributed by atoms with van der Waals surface area (Å²) < 4.78 is 10.3. The molecule has 0 aliphatic carbocycles. The highest BCUT2D eigenvalue weighted by atomic mass is 16.7. The van der Waals surface area contributed by atoms with E-state index in [2.05, 4.69) is 5.32 Å². The van der Waals surface area contributed by atoms with Crippen molar-refractivity contribution in [2.24, 2.45) is 0 Å². The van der Waals surface area contributed by atoms with E-state index in [9.17, 15) is 4.79 Å². The van der Waals surface area contributed by atoms with Crippen LogP contribution >= 0.6 is 0 Å². The molecule has 0 bridgehead atoms. The molecule has 0 amide bonds. The van der Waals surface area contributed by atoms with Crippen molar-refractivity contribution in [2.45, 2.75) is 13.3 Å². The highest BCUT2D eigenvalue weighted by Crippen LogP contribution is 2.27. The van der Waals surface area contributed by atoms with Crippen molar-refractivity contribution in [2.75, 3.05) is 30.9 Å². The second-order valence-electron chi connectivity index (χ2n) is 3.96. The summed E-state index contributed by atoms with van der Waals surface area (Å²) in [5.74, 6) is -0.360. The quantitative estimate of drug-likeness (QED) is 0.809. The lowest BCUT2D eigenvalue weighted by atomic mass is 10.1. The van der Waals surface area contributed by atoms with Crippen LogP contribution in [0.5, 0.6) is 0 Å². The van der Waals surface area contributed by atoms with E-state index in [0.29, 0.717) is 12.2 Å². The molecule has 5 nitrogen and oxygen atoms in total. The predicted octanol–water partition coefficient (Wildman–Crippen LogP) is 1.66. The van der Waals surface area contributed by atoms with Crippen molar-refractivity contribution in [3.05, 3.63) is 23.8 Å². The minimum Gasteiger partial charge on any atom is -0.413 e. The van der Waals surface area contributed by atoms with Gasteiger partial charge < -0.3 is 19.7 Å². The van der Waals surface area contributed by atoms with E-state index >= 15 is 0 Å². The SMILES string of the molecule is CCOC1Nc2ccc(N(C)C)cc2C(=O)O1. The number of hydrogen-bond donors (Lipinski definition) is 1. The molecule has 1 unspecified atom stereocenters. The average Bonchev–Trinajstić information content (AvgIpc) is 2.29. The van der Waals surface area contributed by atoms with Crippen LogP contribution in [0.25, 0.3) is 0 Å². The first-order valence-electron chi connectivity index (χ1n) is 5.52. The molecule has 17 heavy (non-hydrogen) atoms. The van der Waals surface area contributed by atoms with Gasteiger partial charge in [0, 0.05) is 26.4 Å². The van der Waals surface area contributed by atoms with Gasteiger partial charge in [-0.2, -0.15) is 0 Å². The highest BCUT2D eigenvalue weighted by Gasteiger charge is 2.26. The van der Waals surface area contributed by atoms with Crippen LogP contribution in [0.1, 0.15) is 17.3 Å². The fourth-order valence-electron chi connectivity index (χ4n) is 1.65. The van der Waals surface area contributed by atoms with Gasteiger partial charge in [-0.1, -0.05) is 0 Å². The predicted molar refractivity (Wildman–Crippen MR) is 65.2 cm³/mol. The van der Waals surface area contributed by atoms with Crippen LogP contribution in [0.4, 0.5) is 11.4 Å². The number of hydrogen-bond acceptors (Lipinski definition) is 5. The van der Waals surface area contributed by atoms with Gasteiger partial charge >= 0.3 is 5.97 Å². The monoisotopic (exact) mass is 236 g/mol. The molecule has 0 spiro atoms. The second kappa shape index (κ2) is 4.63. The third kappa shape index (κ3) is 2.34. The molecule has 1 aromatic rings. The Labute approximate surface area is 100 Å². The minimum absolute atomic E-state index is 0.360. The van der Waals surface area contributed by atoms with Gasteiger partial charge in [0.1, 0.15) is 0 Å². The summed E-state index contributed by atoms with van der Waals surface area (Å²) >= 11 is 0. The second-order valence-corrected chi connectivity index (χ2v) is 3.96. The molecule has 1 heterocycles. The lowest BCUT2D eigenvalue weighted by Gasteiger charge is -2.27. The number of nitrogens with zero attached hydrogens (tertiary/aromatic N) is 1. The van der Waals surface area contributed by atoms with Crippen molar-refractivity contribution < 1.29 is 14.3 Å². The molecule has 1 aliphatic heterocycles. The normalized spacial score (nSPS) is 18.1. The Morgan fingerprint density at radius 3 is 2.88 bits per heavy atom. The van der Waals surface area contributed by atoms with E-state index in [4.69, 9.17) is 9.47 Å². The van der Waals surface area contributed by atoms with Gasteiger partial charge in [-0.15, -0.1) is 0 Å². The number of fused-ring (bicyclic) bond motifs is 1. The first-order valence-corrected chi connectivity index (χ1v) is 5.52. The lowest BCUT2D eigenvalue weighted by molar-refractivity contribution is -0.0912. The van der Waals surface area contributed by atoms with Gasteiger partial charge in [0.05, 0.1) is 11.3 Å². The van der Waals surface area contributed by atoms with Crippen LogP contribution in [0, 0.1) is 0 Å². The summed E-state index contributed by atoms with van der Waals surface area (Å²) in [5.41, 5.74) is 2.23. The zero-order chi connectivity index (χ0) is 12.4. The molecule has 0 radical (unpaired) electrons. The van der Waals surface area contributed by atoms with Gasteiger partial charge in [0.15, 0.2) is 0 Å². The van der Waals surface area contributed by atoms with Crippen molar-refractivity contribution in [1.29, 1.82) is 0 Å². The van der Waals surface area contributed by atoms with E-state index in [1.807, 2.05) is 38.1 Å². The first kappa shape index (κ1) is 11.7. The summed E-state index contributed by atoms with van der Waals surface area (Å²) in [5, 5.41) is 3.01. The van der Waals surface area contributed by atoms with E-state index < -0.39 is 6.41 Å². The molecule has 1 N–H and O–H groups in total. The molecule has 2 rings (SSSR count). The molecular weight excluding hydrogens is 220 g/mol. The van der Waals surface area contributed by atoms with E-state index in [0.717, 1.165) is 11.4 Å². The van der Waals surface area contributed by atoms with Crippen LogP contribution in [0.2, 0.25) is 0 Å². The third-order valence-corrected chi connectivity index (χ3v) is 2.54. The fraction of sp³-hybridized carbons (Fsp3) is 0.417. The van der Waals surface area contributed by atoms with Crippen LogP contribution in [-0.4, -0.2) is 33.1 Å². The van der Waals surface area contributed by atoms with Gasteiger partial charge in [0.25, 0.3) is 6.41 Å². The summed E-state index contributed by atoms with van der Waals surface area (Å²) in [7, 11) is 3.85. The van der Waals surface area contributed by atoms with Crippen molar-refractivity contribution in [3.8, 4) is 0 Å². The van der Waals surface area contributed by atoms with Gasteiger partial charge in [-0.3, -0.25) is 0 Å². The minimum atomic E-state index is -0.690. The number of esters is 1. The fourth-order valence-corrected chi connectivity index (χ4v) is 1.65. The van der Waals surface area contributed by atoms with Gasteiger partial charge in [-0.05, 0) is 25.1 Å². The highest BCUT2D eigenvalue weighted by molar-refractivity contribution is 5.98. The number of anilines is 2. The zero-order valence-corrected chi connectivity index (χ0v) is 10.2. The average molecular weight is 236 g/mol. The molecule has 5 heteroatoms. The smallest absolute Gasteiger partial charge is 0.344 e. The summed E-state index contributed by atoms with van der Waals surface area (Å²) in [6.07, 6.45) is -0.690. The number of benzene rings is 1. The standard InChI is InChI=1S/C12H16N2O3/c1-4-16-12-13-10-6-5-8(14(2)3)7-9(10)11(15)17-12/h5-7,12-13H,4H2,1-3H3. The van der Waals surface area contributed by atoms with Crippen molar-refractivity contribution in [1.82, 2.24) is 0 Å². The zero-order valence-electron chi connectivity index (χ0n) is 10.2. The molecule has 0 fully saturated rings. The molecule has 92 valence electrons. The van der Waals surface area contributed by atoms with Crippen molar-refractivity contribution >= 4 is 17.3 Å². The van der Waals surface area contributed by atoms with Crippen LogP contribution < -0.4 is 10.2 Å².